The van der Waals surface area contributed by atoms with E-state index < -0.39 is 0 Å². The van der Waals surface area contributed by atoms with E-state index in [0.717, 1.165) is 39.3 Å². The summed E-state index contributed by atoms with van der Waals surface area (Å²) in [6.07, 6.45) is 0. The molecule has 0 rings (SSSR count). The molecule has 0 unspecified atom stereocenters. The van der Waals surface area contributed by atoms with Gasteiger partial charge in [-0.2, -0.15) is 0 Å². The van der Waals surface area contributed by atoms with Gasteiger partial charge in [-0.05, 0) is 39.3 Å². The number of rotatable bonds is 6. The summed E-state index contributed by atoms with van der Waals surface area (Å²) in [6.45, 7) is 19.2. The lowest BCUT2D eigenvalue weighted by molar-refractivity contribution is 0.762. The van der Waals surface area contributed by atoms with E-state index in [-0.39, 0.29) is 37.2 Å². The molecule has 6 heteroatoms. The van der Waals surface area contributed by atoms with Crippen molar-refractivity contribution in [1.82, 2.24) is 16.0 Å². The lowest BCUT2D eigenvalue weighted by Gasteiger charge is -1.86. The van der Waals surface area contributed by atoms with Crippen molar-refractivity contribution in [3.8, 4) is 0 Å². The van der Waals surface area contributed by atoms with E-state index >= 15 is 0 Å². The molecule has 0 heterocycles. The molecule has 0 aliphatic carbocycles. The van der Waals surface area contributed by atoms with Gasteiger partial charge in [-0.1, -0.05) is 41.5 Å². The molecule has 0 amide bonds. The Morgan fingerprint density at radius 3 is 0.500 bits per heavy atom. The molecule has 0 spiro atoms. The van der Waals surface area contributed by atoms with Gasteiger partial charge in [0.1, 0.15) is 0 Å². The van der Waals surface area contributed by atoms with Crippen molar-refractivity contribution in [2.75, 3.05) is 39.3 Å². The molecule has 3 nitrogen and oxygen atoms in total. The summed E-state index contributed by atoms with van der Waals surface area (Å²) in [5.74, 6) is 0. The highest BCUT2D eigenvalue weighted by Crippen LogP contribution is 1.48. The number of hydrogen-bond donors (Lipinski definition) is 3. The van der Waals surface area contributed by atoms with Crippen molar-refractivity contribution in [3.63, 3.8) is 0 Å². The van der Waals surface area contributed by atoms with Crippen LogP contribution in [0.15, 0.2) is 0 Å². The molecule has 0 fully saturated rings. The van der Waals surface area contributed by atoms with Crippen molar-refractivity contribution >= 4 is 37.2 Å². The van der Waals surface area contributed by atoms with Gasteiger partial charge < -0.3 is 16.0 Å². The SMILES string of the molecule is CCNCC.CCNCC.CCNCC.Cl.Cl.Cl. The lowest BCUT2D eigenvalue weighted by Crippen LogP contribution is -2.09. The second-order valence-electron chi connectivity index (χ2n) is 2.87. The minimum absolute atomic E-state index is 0. The Morgan fingerprint density at radius 1 is 0.389 bits per heavy atom. The molecule has 0 atom stereocenters. The van der Waals surface area contributed by atoms with Gasteiger partial charge in [-0.3, -0.25) is 0 Å². The summed E-state index contributed by atoms with van der Waals surface area (Å²) < 4.78 is 0. The predicted molar refractivity (Wildman–Crippen MR) is 94.4 cm³/mol. The van der Waals surface area contributed by atoms with E-state index in [2.05, 4.69) is 57.5 Å². The quantitative estimate of drug-likeness (QED) is 0.701. The maximum atomic E-state index is 3.11. The fourth-order valence-electron chi connectivity index (χ4n) is 0.750. The zero-order valence-corrected chi connectivity index (χ0v) is 15.4. The third-order valence-electron chi connectivity index (χ3n) is 1.50. The van der Waals surface area contributed by atoms with E-state index in [9.17, 15) is 0 Å². The Labute approximate surface area is 134 Å². The van der Waals surface area contributed by atoms with Crippen LogP contribution in [0.2, 0.25) is 0 Å². The van der Waals surface area contributed by atoms with Gasteiger partial charge in [0.05, 0.1) is 0 Å². The van der Waals surface area contributed by atoms with Crippen molar-refractivity contribution < 1.29 is 0 Å². The molecule has 0 aromatic rings. The lowest BCUT2D eigenvalue weighted by atomic mass is 10.7. The first-order valence-corrected chi connectivity index (χ1v) is 6.36. The first-order chi connectivity index (χ1) is 7.24. The van der Waals surface area contributed by atoms with Crippen LogP contribution in [0, 0.1) is 0 Å². The van der Waals surface area contributed by atoms with Crippen LogP contribution in [0.25, 0.3) is 0 Å². The highest BCUT2D eigenvalue weighted by molar-refractivity contribution is 5.86. The standard InChI is InChI=1S/3C4H11N.3ClH/c3*1-3-5-4-2;;;/h3*5H,3-4H2,1-2H3;3*1H. The fraction of sp³-hybridized carbons (Fsp3) is 1.00. The van der Waals surface area contributed by atoms with Crippen molar-refractivity contribution in [1.29, 1.82) is 0 Å². The van der Waals surface area contributed by atoms with Crippen LogP contribution in [-0.4, -0.2) is 39.3 Å². The summed E-state index contributed by atoms with van der Waals surface area (Å²) in [4.78, 5) is 0. The second kappa shape index (κ2) is 52.4. The van der Waals surface area contributed by atoms with Crippen LogP contribution in [0.4, 0.5) is 0 Å². The average molecular weight is 329 g/mol. The molecule has 0 saturated carbocycles. The maximum absolute atomic E-state index is 3.11. The zero-order valence-electron chi connectivity index (χ0n) is 13.0. The van der Waals surface area contributed by atoms with E-state index in [1.54, 1.807) is 0 Å². The van der Waals surface area contributed by atoms with Crippen LogP contribution in [0.3, 0.4) is 0 Å². The molecule has 0 aliphatic heterocycles. The summed E-state index contributed by atoms with van der Waals surface area (Å²) in [5.41, 5.74) is 0. The fourth-order valence-corrected chi connectivity index (χ4v) is 0.750. The molecule has 3 N–H and O–H groups in total. The molecule has 0 aromatic heterocycles. The summed E-state index contributed by atoms with van der Waals surface area (Å²) in [6, 6.07) is 0. The monoisotopic (exact) mass is 327 g/mol. The third kappa shape index (κ3) is 91.2. The van der Waals surface area contributed by atoms with E-state index in [0.29, 0.717) is 0 Å². The molecule has 120 valence electrons. The Kier molecular flexibility index (Phi) is 106. The highest BCUT2D eigenvalue weighted by Gasteiger charge is 1.63. The molecular formula is C12H36Cl3N3. The van der Waals surface area contributed by atoms with Gasteiger partial charge in [0.25, 0.3) is 0 Å². The molecular weight excluding hydrogens is 293 g/mol. The van der Waals surface area contributed by atoms with E-state index in [1.165, 1.54) is 0 Å². The average Bonchev–Trinajstić information content (AvgIpc) is 2.23. The minimum atomic E-state index is 0. The van der Waals surface area contributed by atoms with E-state index in [1.807, 2.05) is 0 Å². The largest absolute Gasteiger partial charge is 0.317 e. The van der Waals surface area contributed by atoms with Gasteiger partial charge in [-0.25, -0.2) is 0 Å². The highest BCUT2D eigenvalue weighted by atomic mass is 35.5. The van der Waals surface area contributed by atoms with Crippen LogP contribution < -0.4 is 16.0 Å². The zero-order chi connectivity index (χ0) is 12.4. The summed E-state index contributed by atoms with van der Waals surface area (Å²) in [5, 5.41) is 9.33. The van der Waals surface area contributed by atoms with Crippen LogP contribution in [-0.2, 0) is 0 Å². The molecule has 0 aromatic carbocycles. The summed E-state index contributed by atoms with van der Waals surface area (Å²) in [7, 11) is 0. The molecule has 0 aliphatic rings. The first kappa shape index (κ1) is 36.3. The van der Waals surface area contributed by atoms with Crippen LogP contribution >= 0.6 is 37.2 Å². The van der Waals surface area contributed by atoms with Gasteiger partial charge in [-0.15, -0.1) is 37.2 Å². The smallest absolute Gasteiger partial charge is 0.00775 e. The Hall–Kier alpha value is 0.750. The van der Waals surface area contributed by atoms with Gasteiger partial charge in [0.15, 0.2) is 0 Å². The molecule has 0 radical (unpaired) electrons. The summed E-state index contributed by atoms with van der Waals surface area (Å²) >= 11 is 0. The second-order valence-corrected chi connectivity index (χ2v) is 2.87. The molecule has 0 bridgehead atoms. The maximum Gasteiger partial charge on any atom is -0.00775 e. The molecule has 0 saturated heterocycles. The Morgan fingerprint density at radius 2 is 0.500 bits per heavy atom. The van der Waals surface area contributed by atoms with Crippen LogP contribution in [0.5, 0.6) is 0 Å². The van der Waals surface area contributed by atoms with Gasteiger partial charge >= 0.3 is 0 Å². The van der Waals surface area contributed by atoms with Crippen LogP contribution in [0.1, 0.15) is 41.5 Å². The van der Waals surface area contributed by atoms with Gasteiger partial charge in [0.2, 0.25) is 0 Å². The third-order valence-corrected chi connectivity index (χ3v) is 1.50. The molecule has 18 heavy (non-hydrogen) atoms. The first-order valence-electron chi connectivity index (χ1n) is 6.36. The van der Waals surface area contributed by atoms with Crippen molar-refractivity contribution in [3.05, 3.63) is 0 Å². The number of hydrogen-bond acceptors (Lipinski definition) is 3. The number of halogens is 3. The van der Waals surface area contributed by atoms with E-state index in [4.69, 9.17) is 0 Å². The minimum Gasteiger partial charge on any atom is -0.317 e. The van der Waals surface area contributed by atoms with Crippen molar-refractivity contribution in [2.45, 2.75) is 41.5 Å². The van der Waals surface area contributed by atoms with Crippen molar-refractivity contribution in [2.24, 2.45) is 0 Å². The van der Waals surface area contributed by atoms with Gasteiger partial charge in [0, 0.05) is 0 Å². The Balaban J connectivity index is -0.0000000277. The normalized spacial score (nSPS) is 7.00. The predicted octanol–water partition coefficient (Wildman–Crippen LogP) is 3.11. The number of nitrogens with one attached hydrogen (secondary N) is 3. The topological polar surface area (TPSA) is 36.1 Å². The Bertz CT molecular complexity index is 59.3.